The van der Waals surface area contributed by atoms with Gasteiger partial charge in [0.2, 0.25) is 5.96 Å². The molecule has 0 spiro atoms. The van der Waals surface area contributed by atoms with Crippen molar-refractivity contribution in [2.75, 3.05) is 27.2 Å². The maximum absolute atomic E-state index is 11.0. The Morgan fingerprint density at radius 3 is 2.62 bits per heavy atom. The minimum Gasteiger partial charge on any atom is -0.369 e. The van der Waals surface area contributed by atoms with Crippen LogP contribution in [0.5, 0.6) is 0 Å². The third-order valence-electron chi connectivity index (χ3n) is 1.22. The number of urea groups is 1. The molecule has 0 bridgehead atoms. The largest absolute Gasteiger partial charge is 0.369 e. The molecule has 0 radical (unpaired) electrons. The Bertz CT molecular complexity index is 190. The summed E-state index contributed by atoms with van der Waals surface area (Å²) in [6.45, 7) is 0.828. The highest BCUT2D eigenvalue weighted by atomic mass is 16.2. The molecule has 7 nitrogen and oxygen atoms in total. The fraction of sp³-hybridized carbons (Fsp3) is 0.667. The van der Waals surface area contributed by atoms with E-state index in [-0.39, 0.29) is 12.0 Å². The lowest BCUT2D eigenvalue weighted by Gasteiger charge is -2.10. The molecule has 0 aromatic rings. The van der Waals surface area contributed by atoms with Gasteiger partial charge in [0.15, 0.2) is 0 Å². The molecule has 0 rings (SSSR count). The number of carbonyl (C=O) groups excluding carboxylic acids is 1. The lowest BCUT2D eigenvalue weighted by molar-refractivity contribution is 0.218. The SMILES string of the molecule is CN(C)C(=O)NCCN=C(N)NN. The summed E-state index contributed by atoms with van der Waals surface area (Å²) in [5.74, 6) is 5.11. The fourth-order valence-corrected chi connectivity index (χ4v) is 0.543. The molecule has 76 valence electrons. The number of amides is 2. The average molecular weight is 188 g/mol. The van der Waals surface area contributed by atoms with E-state index in [1.54, 1.807) is 14.1 Å². The summed E-state index contributed by atoms with van der Waals surface area (Å²) in [4.78, 5) is 16.2. The Kier molecular flexibility index (Phi) is 5.37. The molecule has 0 atom stereocenters. The first kappa shape index (κ1) is 11.5. The van der Waals surface area contributed by atoms with E-state index in [1.165, 1.54) is 4.90 Å². The lowest BCUT2D eigenvalue weighted by atomic mass is 10.6. The van der Waals surface area contributed by atoms with Gasteiger partial charge in [-0.3, -0.25) is 10.4 Å². The summed E-state index contributed by atoms with van der Waals surface area (Å²) in [6.07, 6.45) is 0. The molecular formula is C6H16N6O. The van der Waals surface area contributed by atoms with E-state index in [1.807, 2.05) is 0 Å². The van der Waals surface area contributed by atoms with Gasteiger partial charge in [-0.15, -0.1) is 0 Å². The molecule has 0 aliphatic rings. The standard InChI is InChI=1S/C6H16N6O/c1-12(2)6(13)10-4-3-9-5(7)11-8/h3-4,8H2,1-2H3,(H,10,13)(H3,7,9,11). The average Bonchev–Trinajstić information content (AvgIpc) is 2.11. The molecule has 0 heterocycles. The van der Waals surface area contributed by atoms with Crippen molar-refractivity contribution in [1.29, 1.82) is 0 Å². The first-order valence-electron chi connectivity index (χ1n) is 3.79. The smallest absolute Gasteiger partial charge is 0.316 e. The van der Waals surface area contributed by atoms with Gasteiger partial charge in [-0.2, -0.15) is 0 Å². The molecule has 6 N–H and O–H groups in total. The second kappa shape index (κ2) is 6.06. The minimum atomic E-state index is -0.158. The van der Waals surface area contributed by atoms with Gasteiger partial charge >= 0.3 is 6.03 Å². The quantitative estimate of drug-likeness (QED) is 0.135. The zero-order valence-electron chi connectivity index (χ0n) is 7.87. The van der Waals surface area contributed by atoms with Crippen LogP contribution in [0.2, 0.25) is 0 Å². The van der Waals surface area contributed by atoms with Crippen LogP contribution in [0, 0.1) is 0 Å². The molecule has 7 heteroatoms. The van der Waals surface area contributed by atoms with Gasteiger partial charge in [0, 0.05) is 20.6 Å². The van der Waals surface area contributed by atoms with Crippen LogP contribution in [0.3, 0.4) is 0 Å². The van der Waals surface area contributed by atoms with Gasteiger partial charge in [0.25, 0.3) is 0 Å². The van der Waals surface area contributed by atoms with E-state index >= 15 is 0 Å². The molecule has 0 unspecified atom stereocenters. The molecule has 0 fully saturated rings. The predicted octanol–water partition coefficient (Wildman–Crippen LogP) is -1.96. The van der Waals surface area contributed by atoms with Crippen LogP contribution in [0.1, 0.15) is 0 Å². The van der Waals surface area contributed by atoms with Gasteiger partial charge in [-0.1, -0.05) is 0 Å². The molecule has 0 aromatic heterocycles. The van der Waals surface area contributed by atoms with Crippen molar-refractivity contribution in [1.82, 2.24) is 15.6 Å². The van der Waals surface area contributed by atoms with Crippen molar-refractivity contribution in [3.05, 3.63) is 0 Å². The Balaban J connectivity index is 3.52. The highest BCUT2D eigenvalue weighted by Crippen LogP contribution is 1.76. The van der Waals surface area contributed by atoms with E-state index < -0.39 is 0 Å². The van der Waals surface area contributed by atoms with Crippen LogP contribution < -0.4 is 22.3 Å². The zero-order chi connectivity index (χ0) is 10.3. The van der Waals surface area contributed by atoms with Crippen molar-refractivity contribution in [3.8, 4) is 0 Å². The normalized spacial score (nSPS) is 10.8. The van der Waals surface area contributed by atoms with Gasteiger partial charge in [0.05, 0.1) is 6.54 Å². The van der Waals surface area contributed by atoms with Crippen molar-refractivity contribution in [2.24, 2.45) is 16.6 Å². The monoisotopic (exact) mass is 188 g/mol. The van der Waals surface area contributed by atoms with Crippen molar-refractivity contribution < 1.29 is 4.79 Å². The molecule has 0 aromatic carbocycles. The number of guanidine groups is 1. The van der Waals surface area contributed by atoms with Gasteiger partial charge in [-0.05, 0) is 0 Å². The maximum atomic E-state index is 11.0. The van der Waals surface area contributed by atoms with E-state index in [0.717, 1.165) is 0 Å². The summed E-state index contributed by atoms with van der Waals surface area (Å²) in [5, 5.41) is 2.62. The van der Waals surface area contributed by atoms with Crippen molar-refractivity contribution in [2.45, 2.75) is 0 Å². The third kappa shape index (κ3) is 5.74. The topological polar surface area (TPSA) is 109 Å². The highest BCUT2D eigenvalue weighted by molar-refractivity contribution is 5.77. The summed E-state index contributed by atoms with van der Waals surface area (Å²) >= 11 is 0. The van der Waals surface area contributed by atoms with E-state index in [4.69, 9.17) is 11.6 Å². The maximum Gasteiger partial charge on any atom is 0.316 e. The van der Waals surface area contributed by atoms with Crippen LogP contribution in [-0.4, -0.2) is 44.1 Å². The number of aliphatic imine (C=N–C) groups is 1. The summed E-state index contributed by atoms with van der Waals surface area (Å²) < 4.78 is 0. The number of nitrogens with zero attached hydrogens (tertiary/aromatic N) is 2. The lowest BCUT2D eigenvalue weighted by Crippen LogP contribution is -2.39. The molecule has 0 aliphatic carbocycles. The molecule has 2 amide bonds. The molecule has 0 saturated carbocycles. The number of hydrogen-bond acceptors (Lipinski definition) is 3. The number of nitrogens with one attached hydrogen (secondary N) is 2. The minimum absolute atomic E-state index is 0.152. The van der Waals surface area contributed by atoms with Crippen LogP contribution in [0.15, 0.2) is 4.99 Å². The Morgan fingerprint density at radius 2 is 2.15 bits per heavy atom. The number of carbonyl (C=O) groups is 1. The van der Waals surface area contributed by atoms with Crippen LogP contribution in [0.25, 0.3) is 0 Å². The predicted molar refractivity (Wildman–Crippen MR) is 50.9 cm³/mol. The van der Waals surface area contributed by atoms with Crippen LogP contribution >= 0.6 is 0 Å². The van der Waals surface area contributed by atoms with Gasteiger partial charge < -0.3 is 16.0 Å². The first-order chi connectivity index (χ1) is 6.07. The third-order valence-corrected chi connectivity index (χ3v) is 1.22. The van der Waals surface area contributed by atoms with Crippen molar-refractivity contribution >= 4 is 12.0 Å². The second-order valence-corrected chi connectivity index (χ2v) is 2.54. The number of nitrogens with two attached hydrogens (primary N) is 2. The van der Waals surface area contributed by atoms with E-state index in [2.05, 4.69) is 15.7 Å². The Morgan fingerprint density at radius 1 is 1.54 bits per heavy atom. The summed E-state index contributed by atoms with van der Waals surface area (Å²) in [6, 6.07) is -0.158. The second-order valence-electron chi connectivity index (χ2n) is 2.54. The van der Waals surface area contributed by atoms with E-state index in [0.29, 0.717) is 13.1 Å². The van der Waals surface area contributed by atoms with Gasteiger partial charge in [-0.25, -0.2) is 10.6 Å². The number of hydrazine groups is 1. The van der Waals surface area contributed by atoms with Crippen LogP contribution in [-0.2, 0) is 0 Å². The highest BCUT2D eigenvalue weighted by Gasteiger charge is 1.99. The molecule has 0 saturated heterocycles. The van der Waals surface area contributed by atoms with Crippen LogP contribution in [0.4, 0.5) is 4.79 Å². The zero-order valence-corrected chi connectivity index (χ0v) is 7.87. The van der Waals surface area contributed by atoms with E-state index in [9.17, 15) is 4.79 Å². The fourth-order valence-electron chi connectivity index (χ4n) is 0.543. The Hall–Kier alpha value is -1.50. The molecular weight excluding hydrogens is 172 g/mol. The summed E-state index contributed by atoms with van der Waals surface area (Å²) in [5.41, 5.74) is 7.42. The molecule has 0 aliphatic heterocycles. The molecule has 13 heavy (non-hydrogen) atoms. The summed E-state index contributed by atoms with van der Waals surface area (Å²) in [7, 11) is 3.32. The van der Waals surface area contributed by atoms with Gasteiger partial charge in [0.1, 0.15) is 0 Å². The Labute approximate surface area is 77.1 Å². The first-order valence-corrected chi connectivity index (χ1v) is 3.79. The van der Waals surface area contributed by atoms with Crippen molar-refractivity contribution in [3.63, 3.8) is 0 Å². The number of hydrogen-bond donors (Lipinski definition) is 4. The number of rotatable bonds is 3.